The Morgan fingerprint density at radius 1 is 1.23 bits per heavy atom. The summed E-state index contributed by atoms with van der Waals surface area (Å²) in [7, 11) is 1.74. The zero-order valence-electron chi connectivity index (χ0n) is 15.2. The molecule has 1 aromatic carbocycles. The second kappa shape index (κ2) is 9.21. The first-order valence-electron chi connectivity index (χ1n) is 8.13. The van der Waals surface area contributed by atoms with E-state index < -0.39 is 0 Å². The monoisotopic (exact) mass is 397 g/mol. The summed E-state index contributed by atoms with van der Waals surface area (Å²) in [6, 6.07) is 10.3. The smallest absolute Gasteiger partial charge is 0.255 e. The Balaban J connectivity index is 0.00000338. The molecule has 2 rings (SSSR count). The summed E-state index contributed by atoms with van der Waals surface area (Å²) >= 11 is 6.17. The summed E-state index contributed by atoms with van der Waals surface area (Å²) in [5.74, 6) is -0.144. The van der Waals surface area contributed by atoms with Crippen molar-refractivity contribution in [2.75, 3.05) is 20.1 Å². The van der Waals surface area contributed by atoms with Gasteiger partial charge in [0.25, 0.3) is 11.5 Å². The topological polar surface area (TPSA) is 68.3 Å². The molecule has 0 fully saturated rings. The van der Waals surface area contributed by atoms with Gasteiger partial charge in [0.1, 0.15) is 0 Å². The fourth-order valence-corrected chi connectivity index (χ4v) is 2.79. The van der Waals surface area contributed by atoms with Crippen LogP contribution in [0.1, 0.15) is 29.8 Å². The molecule has 2 N–H and O–H groups in total. The number of amides is 1. The number of rotatable bonds is 6. The first kappa shape index (κ1) is 22.2. The van der Waals surface area contributed by atoms with E-state index in [1.54, 1.807) is 30.3 Å². The maximum absolute atomic E-state index is 12.7. The molecular weight excluding hydrogens is 373 g/mol. The van der Waals surface area contributed by atoms with E-state index in [0.717, 1.165) is 5.56 Å². The summed E-state index contributed by atoms with van der Waals surface area (Å²) in [6.45, 7) is 5.35. The van der Waals surface area contributed by atoms with Crippen molar-refractivity contribution in [3.05, 3.63) is 69.1 Å². The van der Waals surface area contributed by atoms with E-state index in [0.29, 0.717) is 30.2 Å². The van der Waals surface area contributed by atoms with Gasteiger partial charge in [0.2, 0.25) is 0 Å². The molecule has 0 bridgehead atoms. The van der Waals surface area contributed by atoms with E-state index in [2.05, 4.69) is 0 Å². The second-order valence-electron chi connectivity index (χ2n) is 7.00. The summed E-state index contributed by atoms with van der Waals surface area (Å²) in [5, 5.41) is 0.591. The summed E-state index contributed by atoms with van der Waals surface area (Å²) < 4.78 is 1.50. The molecule has 5 nitrogen and oxygen atoms in total. The molecule has 1 aromatic heterocycles. The summed E-state index contributed by atoms with van der Waals surface area (Å²) in [5.41, 5.74) is 6.68. The third-order valence-corrected chi connectivity index (χ3v) is 4.46. The van der Waals surface area contributed by atoms with E-state index in [9.17, 15) is 9.59 Å². The van der Waals surface area contributed by atoms with Crippen LogP contribution in [0, 0.1) is 5.41 Å². The van der Waals surface area contributed by atoms with Gasteiger partial charge in [-0.3, -0.25) is 9.59 Å². The molecule has 0 radical (unpaired) electrons. The van der Waals surface area contributed by atoms with Crippen LogP contribution in [0.25, 0.3) is 0 Å². The molecule has 2 aromatic rings. The van der Waals surface area contributed by atoms with Crippen LogP contribution in [0.5, 0.6) is 0 Å². The first-order chi connectivity index (χ1) is 11.7. The van der Waals surface area contributed by atoms with Crippen LogP contribution in [0.15, 0.2) is 47.4 Å². The lowest BCUT2D eigenvalue weighted by Crippen LogP contribution is -2.40. The molecule has 0 aliphatic carbocycles. The molecule has 0 atom stereocenters. The number of halogens is 2. The molecule has 0 saturated heterocycles. The highest BCUT2D eigenvalue weighted by molar-refractivity contribution is 6.31. The maximum Gasteiger partial charge on any atom is 0.255 e. The lowest BCUT2D eigenvalue weighted by molar-refractivity contribution is 0.0739. The van der Waals surface area contributed by atoms with Gasteiger partial charge in [-0.25, -0.2) is 0 Å². The third-order valence-electron chi connectivity index (χ3n) is 4.09. The van der Waals surface area contributed by atoms with Gasteiger partial charge in [0.15, 0.2) is 0 Å². The van der Waals surface area contributed by atoms with Crippen molar-refractivity contribution >= 4 is 29.9 Å². The van der Waals surface area contributed by atoms with Crippen LogP contribution < -0.4 is 11.3 Å². The predicted molar refractivity (Wildman–Crippen MR) is 108 cm³/mol. The fourth-order valence-electron chi connectivity index (χ4n) is 2.59. The maximum atomic E-state index is 12.7. The Morgan fingerprint density at radius 3 is 2.50 bits per heavy atom. The Bertz CT molecular complexity index is 818. The highest BCUT2D eigenvalue weighted by atomic mass is 35.5. The van der Waals surface area contributed by atoms with Crippen molar-refractivity contribution in [1.82, 2.24) is 9.47 Å². The standard InChI is InChI=1S/C19H24ClN3O2.ClH/c1-19(2,12-21)13-22(3)18(25)15-8-9-17(24)23(11-15)10-14-6-4-5-7-16(14)20;/h4-9,11H,10,12-13,21H2,1-3H3;1H. The number of carbonyl (C=O) groups excluding carboxylic acids is 1. The van der Waals surface area contributed by atoms with Crippen molar-refractivity contribution in [2.24, 2.45) is 11.1 Å². The number of nitrogens with two attached hydrogens (primary N) is 1. The Morgan fingerprint density at radius 2 is 1.88 bits per heavy atom. The molecule has 142 valence electrons. The van der Waals surface area contributed by atoms with Crippen LogP contribution in [-0.4, -0.2) is 35.5 Å². The number of benzene rings is 1. The van der Waals surface area contributed by atoms with E-state index in [1.165, 1.54) is 10.6 Å². The lowest BCUT2D eigenvalue weighted by atomic mass is 9.93. The highest BCUT2D eigenvalue weighted by Gasteiger charge is 2.22. The average Bonchev–Trinajstić information content (AvgIpc) is 2.57. The van der Waals surface area contributed by atoms with Gasteiger partial charge < -0.3 is 15.2 Å². The lowest BCUT2D eigenvalue weighted by Gasteiger charge is -2.29. The fraction of sp³-hybridized carbons (Fsp3) is 0.368. The number of carbonyl (C=O) groups is 1. The van der Waals surface area contributed by atoms with Crippen LogP contribution in [0.3, 0.4) is 0 Å². The quantitative estimate of drug-likeness (QED) is 0.814. The molecule has 0 spiro atoms. The van der Waals surface area contributed by atoms with Gasteiger partial charge in [-0.1, -0.05) is 43.6 Å². The van der Waals surface area contributed by atoms with Crippen molar-refractivity contribution in [2.45, 2.75) is 20.4 Å². The zero-order valence-corrected chi connectivity index (χ0v) is 16.8. The van der Waals surface area contributed by atoms with Gasteiger partial charge in [0, 0.05) is 30.9 Å². The molecule has 26 heavy (non-hydrogen) atoms. The van der Waals surface area contributed by atoms with E-state index in [-0.39, 0.29) is 29.3 Å². The Hall–Kier alpha value is -1.82. The van der Waals surface area contributed by atoms with Crippen molar-refractivity contribution in [1.29, 1.82) is 0 Å². The predicted octanol–water partition coefficient (Wildman–Crippen LogP) is 3.03. The molecular formula is C19H25Cl2N3O2. The molecule has 1 heterocycles. The van der Waals surface area contributed by atoms with Gasteiger partial charge in [0.05, 0.1) is 12.1 Å². The SMILES string of the molecule is CN(CC(C)(C)CN)C(=O)c1ccc(=O)n(Cc2ccccc2Cl)c1.Cl. The number of hydrogen-bond donors (Lipinski definition) is 1. The highest BCUT2D eigenvalue weighted by Crippen LogP contribution is 2.17. The van der Waals surface area contributed by atoms with E-state index in [1.807, 2.05) is 32.0 Å². The van der Waals surface area contributed by atoms with Crippen molar-refractivity contribution in [3.8, 4) is 0 Å². The minimum atomic E-state index is -0.179. The molecule has 0 unspecified atom stereocenters. The molecule has 0 aliphatic heterocycles. The molecule has 0 saturated carbocycles. The minimum Gasteiger partial charge on any atom is -0.341 e. The number of aromatic nitrogens is 1. The summed E-state index contributed by atoms with van der Waals surface area (Å²) in [6.07, 6.45) is 1.58. The van der Waals surface area contributed by atoms with Crippen LogP contribution in [0.4, 0.5) is 0 Å². The Labute approximate surface area is 165 Å². The third kappa shape index (κ3) is 5.59. The minimum absolute atomic E-state index is 0. The number of pyridine rings is 1. The van der Waals surface area contributed by atoms with Crippen LogP contribution in [0.2, 0.25) is 5.02 Å². The van der Waals surface area contributed by atoms with E-state index in [4.69, 9.17) is 17.3 Å². The normalized spacial score (nSPS) is 11.0. The van der Waals surface area contributed by atoms with Crippen molar-refractivity contribution in [3.63, 3.8) is 0 Å². The van der Waals surface area contributed by atoms with Gasteiger partial charge in [-0.2, -0.15) is 0 Å². The first-order valence-corrected chi connectivity index (χ1v) is 8.51. The zero-order chi connectivity index (χ0) is 18.6. The Kier molecular flexibility index (Phi) is 7.87. The molecule has 0 aliphatic rings. The number of hydrogen-bond acceptors (Lipinski definition) is 3. The average molecular weight is 398 g/mol. The largest absolute Gasteiger partial charge is 0.341 e. The van der Waals surface area contributed by atoms with Crippen LogP contribution >= 0.6 is 24.0 Å². The van der Waals surface area contributed by atoms with Crippen molar-refractivity contribution < 1.29 is 4.79 Å². The molecule has 1 amide bonds. The van der Waals surface area contributed by atoms with Gasteiger partial charge in [-0.15, -0.1) is 12.4 Å². The second-order valence-corrected chi connectivity index (χ2v) is 7.41. The molecule has 7 heteroatoms. The van der Waals surface area contributed by atoms with Gasteiger partial charge >= 0.3 is 0 Å². The summed E-state index contributed by atoms with van der Waals surface area (Å²) in [4.78, 5) is 26.4. The van der Waals surface area contributed by atoms with Crippen LogP contribution in [-0.2, 0) is 6.54 Å². The van der Waals surface area contributed by atoms with E-state index >= 15 is 0 Å². The number of nitrogens with zero attached hydrogens (tertiary/aromatic N) is 2. The van der Waals surface area contributed by atoms with Gasteiger partial charge in [-0.05, 0) is 29.7 Å².